The van der Waals surface area contributed by atoms with E-state index in [4.69, 9.17) is 14.5 Å². The summed E-state index contributed by atoms with van der Waals surface area (Å²) in [5.41, 5.74) is 0. The zero-order valence-corrected chi connectivity index (χ0v) is 7.04. The van der Waals surface area contributed by atoms with Crippen molar-refractivity contribution in [2.75, 3.05) is 12.8 Å². The second kappa shape index (κ2) is 4.09. The molecular weight excluding hydrogens is 155 g/mol. The van der Waals surface area contributed by atoms with Crippen LogP contribution >= 0.6 is 7.60 Å². The Morgan fingerprint density at radius 3 is 2.40 bits per heavy atom. The topological polar surface area (TPSA) is 66.8 Å². The SMILES string of the molecule is CCOC(C)CP(=O)(O)O. The van der Waals surface area contributed by atoms with Gasteiger partial charge in [-0.25, -0.2) is 0 Å². The van der Waals surface area contributed by atoms with Gasteiger partial charge in [0.25, 0.3) is 0 Å². The van der Waals surface area contributed by atoms with Gasteiger partial charge in [0.05, 0.1) is 12.3 Å². The molecule has 0 aromatic rings. The van der Waals surface area contributed by atoms with Crippen molar-refractivity contribution < 1.29 is 19.1 Å². The molecule has 4 nitrogen and oxygen atoms in total. The quantitative estimate of drug-likeness (QED) is 0.603. The second-order valence-electron chi connectivity index (χ2n) is 2.11. The van der Waals surface area contributed by atoms with Gasteiger partial charge in [0, 0.05) is 6.61 Å². The second-order valence-corrected chi connectivity index (χ2v) is 3.81. The van der Waals surface area contributed by atoms with E-state index in [-0.39, 0.29) is 12.3 Å². The van der Waals surface area contributed by atoms with Crippen LogP contribution in [0.2, 0.25) is 0 Å². The Balaban J connectivity index is 3.58. The van der Waals surface area contributed by atoms with Crippen LogP contribution in [0, 0.1) is 0 Å². The third-order valence-corrected chi connectivity index (χ3v) is 1.94. The predicted molar refractivity (Wildman–Crippen MR) is 38.0 cm³/mol. The molecule has 10 heavy (non-hydrogen) atoms. The molecule has 1 unspecified atom stereocenters. The van der Waals surface area contributed by atoms with Crippen molar-refractivity contribution in [3.8, 4) is 0 Å². The normalized spacial score (nSPS) is 15.2. The lowest BCUT2D eigenvalue weighted by Gasteiger charge is -2.11. The molecule has 0 aliphatic carbocycles. The Labute approximate surface area is 60.4 Å². The van der Waals surface area contributed by atoms with Crippen LogP contribution in [0.5, 0.6) is 0 Å². The lowest BCUT2D eigenvalue weighted by molar-refractivity contribution is 0.0883. The van der Waals surface area contributed by atoms with Gasteiger partial charge < -0.3 is 14.5 Å². The first-order chi connectivity index (χ1) is 4.45. The number of hydrogen-bond donors (Lipinski definition) is 2. The predicted octanol–water partition coefficient (Wildman–Crippen LogP) is 0.589. The molecule has 0 bridgehead atoms. The highest BCUT2D eigenvalue weighted by atomic mass is 31.2. The number of ether oxygens (including phenoxy) is 1. The monoisotopic (exact) mass is 168 g/mol. The smallest absolute Gasteiger partial charge is 0.328 e. The highest BCUT2D eigenvalue weighted by Gasteiger charge is 2.17. The van der Waals surface area contributed by atoms with Crippen LogP contribution in [0.4, 0.5) is 0 Å². The molecule has 0 rings (SSSR count). The van der Waals surface area contributed by atoms with Gasteiger partial charge in [0.1, 0.15) is 0 Å². The molecule has 2 N–H and O–H groups in total. The van der Waals surface area contributed by atoms with Crippen LogP contribution in [-0.4, -0.2) is 28.7 Å². The van der Waals surface area contributed by atoms with Crippen molar-refractivity contribution >= 4 is 7.60 Å². The lowest BCUT2D eigenvalue weighted by atomic mass is 10.5. The Morgan fingerprint density at radius 2 is 2.10 bits per heavy atom. The summed E-state index contributed by atoms with van der Waals surface area (Å²) in [6, 6.07) is 0. The Bertz CT molecular complexity index is 130. The zero-order chi connectivity index (χ0) is 8.20. The van der Waals surface area contributed by atoms with Gasteiger partial charge in [-0.1, -0.05) is 0 Å². The van der Waals surface area contributed by atoms with Gasteiger partial charge in [-0.2, -0.15) is 0 Å². The molecule has 0 amide bonds. The van der Waals surface area contributed by atoms with E-state index in [0.717, 1.165) is 0 Å². The van der Waals surface area contributed by atoms with Crippen molar-refractivity contribution in [3.05, 3.63) is 0 Å². The van der Waals surface area contributed by atoms with Crippen LogP contribution in [0.15, 0.2) is 0 Å². The van der Waals surface area contributed by atoms with Crippen LogP contribution in [-0.2, 0) is 9.30 Å². The number of rotatable bonds is 4. The summed E-state index contributed by atoms with van der Waals surface area (Å²) in [6.45, 7) is 3.92. The summed E-state index contributed by atoms with van der Waals surface area (Å²) in [7, 11) is -3.88. The van der Waals surface area contributed by atoms with Crippen LogP contribution in [0.1, 0.15) is 13.8 Å². The third-order valence-electron chi connectivity index (χ3n) is 0.946. The minimum absolute atomic E-state index is 0.194. The number of hydrogen-bond acceptors (Lipinski definition) is 2. The fourth-order valence-corrected chi connectivity index (χ4v) is 1.45. The fraction of sp³-hybridized carbons (Fsp3) is 1.00. The summed E-state index contributed by atoms with van der Waals surface area (Å²) in [4.78, 5) is 16.9. The Morgan fingerprint density at radius 1 is 1.60 bits per heavy atom. The van der Waals surface area contributed by atoms with Gasteiger partial charge in [-0.05, 0) is 13.8 Å². The summed E-state index contributed by atoms with van der Waals surface area (Å²) in [5.74, 6) is 0. The minimum atomic E-state index is -3.88. The first-order valence-electron chi connectivity index (χ1n) is 3.12. The van der Waals surface area contributed by atoms with Gasteiger partial charge in [-0.15, -0.1) is 0 Å². The van der Waals surface area contributed by atoms with Crippen molar-refractivity contribution in [2.24, 2.45) is 0 Å². The van der Waals surface area contributed by atoms with E-state index in [1.807, 2.05) is 0 Å². The van der Waals surface area contributed by atoms with E-state index < -0.39 is 7.60 Å². The van der Waals surface area contributed by atoms with Crippen molar-refractivity contribution in [3.63, 3.8) is 0 Å². The van der Waals surface area contributed by atoms with E-state index >= 15 is 0 Å². The van der Waals surface area contributed by atoms with E-state index in [9.17, 15) is 4.57 Å². The van der Waals surface area contributed by atoms with Crippen molar-refractivity contribution in [1.82, 2.24) is 0 Å². The van der Waals surface area contributed by atoms with E-state index in [1.54, 1.807) is 13.8 Å². The molecule has 0 spiro atoms. The largest absolute Gasteiger partial charge is 0.378 e. The molecule has 1 atom stereocenters. The molecule has 5 heteroatoms. The molecule has 0 aliphatic rings. The maximum atomic E-state index is 10.3. The van der Waals surface area contributed by atoms with Crippen LogP contribution < -0.4 is 0 Å². The fourth-order valence-electron chi connectivity index (χ4n) is 0.672. The molecule has 0 heterocycles. The van der Waals surface area contributed by atoms with Crippen LogP contribution in [0.3, 0.4) is 0 Å². The summed E-state index contributed by atoms with van der Waals surface area (Å²) >= 11 is 0. The third kappa shape index (κ3) is 6.23. The summed E-state index contributed by atoms with van der Waals surface area (Å²) < 4.78 is 15.3. The maximum absolute atomic E-state index is 10.3. The van der Waals surface area contributed by atoms with Gasteiger partial charge >= 0.3 is 7.60 Å². The highest BCUT2D eigenvalue weighted by Crippen LogP contribution is 2.35. The van der Waals surface area contributed by atoms with Gasteiger partial charge in [0.15, 0.2) is 0 Å². The van der Waals surface area contributed by atoms with Gasteiger partial charge in [-0.3, -0.25) is 4.57 Å². The molecule has 0 aromatic carbocycles. The van der Waals surface area contributed by atoms with E-state index in [2.05, 4.69) is 0 Å². The zero-order valence-electron chi connectivity index (χ0n) is 6.15. The average molecular weight is 168 g/mol. The summed E-state index contributed by atoms with van der Waals surface area (Å²) in [6.07, 6.45) is -0.549. The Hall–Kier alpha value is 0.110. The highest BCUT2D eigenvalue weighted by molar-refractivity contribution is 7.51. The maximum Gasteiger partial charge on any atom is 0.328 e. The molecule has 0 aromatic heterocycles. The molecule has 0 fully saturated rings. The standard InChI is InChI=1S/C5H13O4P/c1-3-9-5(2)4-10(6,7)8/h5H,3-4H2,1-2H3,(H2,6,7,8). The first kappa shape index (κ1) is 10.1. The molecule has 62 valence electrons. The van der Waals surface area contributed by atoms with Crippen molar-refractivity contribution in [2.45, 2.75) is 20.0 Å². The molecule has 0 saturated heterocycles. The summed E-state index contributed by atoms with van der Waals surface area (Å²) in [5, 5.41) is 0. The van der Waals surface area contributed by atoms with E-state index in [0.29, 0.717) is 6.61 Å². The molecular formula is C5H13O4P. The van der Waals surface area contributed by atoms with Crippen LogP contribution in [0.25, 0.3) is 0 Å². The average Bonchev–Trinajstić information content (AvgIpc) is 1.59. The molecule has 0 radical (unpaired) electrons. The van der Waals surface area contributed by atoms with E-state index in [1.165, 1.54) is 0 Å². The Kier molecular flexibility index (Phi) is 4.13. The first-order valence-corrected chi connectivity index (χ1v) is 4.91. The molecule has 0 aliphatic heterocycles. The molecule has 0 saturated carbocycles. The van der Waals surface area contributed by atoms with Gasteiger partial charge in [0.2, 0.25) is 0 Å². The minimum Gasteiger partial charge on any atom is -0.378 e. The lowest BCUT2D eigenvalue weighted by Crippen LogP contribution is -2.13. The van der Waals surface area contributed by atoms with Crippen molar-refractivity contribution in [1.29, 1.82) is 0 Å².